The summed E-state index contributed by atoms with van der Waals surface area (Å²) in [5, 5.41) is 0.663. The second kappa shape index (κ2) is 6.07. The van der Waals surface area contributed by atoms with E-state index in [-0.39, 0.29) is 5.41 Å². The summed E-state index contributed by atoms with van der Waals surface area (Å²) in [6.07, 6.45) is 0. The summed E-state index contributed by atoms with van der Waals surface area (Å²) in [5.41, 5.74) is 2.30. The van der Waals surface area contributed by atoms with Crippen molar-refractivity contribution in [2.45, 2.75) is 32.1 Å². The molecular weight excluding hydrogens is 291 g/mol. The van der Waals surface area contributed by atoms with Gasteiger partial charge in [0, 0.05) is 10.6 Å². The summed E-state index contributed by atoms with van der Waals surface area (Å²) in [4.78, 5) is 0. The van der Waals surface area contributed by atoms with Crippen LogP contribution in [-0.4, -0.2) is 0 Å². The summed E-state index contributed by atoms with van der Waals surface area (Å²) in [5.74, 6) is 1.91. The fraction of sp³-hybridized carbons (Fsp3) is 0.294. The zero-order valence-electron chi connectivity index (χ0n) is 11.9. The second-order valence-corrected chi connectivity index (χ2v) is 6.47. The Kier molecular flexibility index (Phi) is 4.62. The molecule has 0 N–H and O–H groups in total. The lowest BCUT2D eigenvalue weighted by Gasteiger charge is -2.19. The smallest absolute Gasteiger partial charge is 0.131 e. The van der Waals surface area contributed by atoms with Crippen molar-refractivity contribution in [2.75, 3.05) is 0 Å². The highest BCUT2D eigenvalue weighted by atomic mass is 35.5. The second-order valence-electron chi connectivity index (χ2n) is 5.76. The first-order valence-corrected chi connectivity index (χ1v) is 7.44. The summed E-state index contributed by atoms with van der Waals surface area (Å²) in [7, 11) is 0. The van der Waals surface area contributed by atoms with Gasteiger partial charge in [-0.2, -0.15) is 0 Å². The van der Waals surface area contributed by atoms with Crippen LogP contribution in [0.1, 0.15) is 31.9 Å². The minimum Gasteiger partial charge on any atom is -0.457 e. The van der Waals surface area contributed by atoms with Crippen LogP contribution in [-0.2, 0) is 11.3 Å². The summed E-state index contributed by atoms with van der Waals surface area (Å²) in [6, 6.07) is 13.6. The van der Waals surface area contributed by atoms with E-state index in [1.807, 2.05) is 24.3 Å². The van der Waals surface area contributed by atoms with Crippen LogP contribution < -0.4 is 4.74 Å². The van der Waals surface area contributed by atoms with Crippen LogP contribution in [0.4, 0.5) is 0 Å². The Morgan fingerprint density at radius 2 is 1.65 bits per heavy atom. The summed E-state index contributed by atoms with van der Waals surface area (Å²) < 4.78 is 5.88. The third-order valence-corrected chi connectivity index (χ3v) is 3.64. The molecule has 106 valence electrons. The van der Waals surface area contributed by atoms with Gasteiger partial charge in [-0.15, -0.1) is 11.6 Å². The molecule has 0 bridgehead atoms. The molecule has 0 aromatic heterocycles. The van der Waals surface area contributed by atoms with Gasteiger partial charge in [-0.25, -0.2) is 0 Å². The summed E-state index contributed by atoms with van der Waals surface area (Å²) in [6.45, 7) is 6.56. The van der Waals surface area contributed by atoms with Crippen LogP contribution in [0.3, 0.4) is 0 Å². The van der Waals surface area contributed by atoms with Crippen LogP contribution in [0.25, 0.3) is 0 Å². The first-order chi connectivity index (χ1) is 9.40. The van der Waals surface area contributed by atoms with Crippen molar-refractivity contribution in [1.29, 1.82) is 0 Å². The number of ether oxygens (including phenoxy) is 1. The molecule has 0 heterocycles. The van der Waals surface area contributed by atoms with E-state index in [1.165, 1.54) is 5.56 Å². The zero-order valence-corrected chi connectivity index (χ0v) is 13.4. The number of alkyl halides is 1. The third kappa shape index (κ3) is 3.68. The maximum Gasteiger partial charge on any atom is 0.131 e. The van der Waals surface area contributed by atoms with E-state index in [4.69, 9.17) is 27.9 Å². The van der Waals surface area contributed by atoms with E-state index in [0.29, 0.717) is 10.9 Å². The Bertz CT molecular complexity index is 583. The Morgan fingerprint density at radius 1 is 1.00 bits per heavy atom. The maximum atomic E-state index is 5.96. The molecule has 0 saturated heterocycles. The molecule has 0 fully saturated rings. The molecule has 0 spiro atoms. The van der Waals surface area contributed by atoms with E-state index in [1.54, 1.807) is 6.07 Å². The SMILES string of the molecule is CC(C)(C)c1ccc(Oc2ccc(Cl)cc2CCl)cc1. The fourth-order valence-electron chi connectivity index (χ4n) is 1.90. The van der Waals surface area contributed by atoms with Crippen LogP contribution in [0.15, 0.2) is 42.5 Å². The lowest BCUT2D eigenvalue weighted by Crippen LogP contribution is -2.10. The number of hydrogen-bond donors (Lipinski definition) is 0. The predicted molar refractivity (Wildman–Crippen MR) is 86.2 cm³/mol. The Balaban J connectivity index is 2.22. The molecule has 2 aromatic carbocycles. The normalized spacial score (nSPS) is 11.4. The van der Waals surface area contributed by atoms with Gasteiger partial charge in [-0.05, 0) is 41.3 Å². The highest BCUT2D eigenvalue weighted by Gasteiger charge is 2.13. The van der Waals surface area contributed by atoms with Crippen LogP contribution in [0.5, 0.6) is 11.5 Å². The topological polar surface area (TPSA) is 9.23 Å². The first-order valence-electron chi connectivity index (χ1n) is 6.53. The molecule has 20 heavy (non-hydrogen) atoms. The first kappa shape index (κ1) is 15.2. The molecule has 0 aliphatic carbocycles. The van der Waals surface area contributed by atoms with E-state index in [0.717, 1.165) is 17.1 Å². The molecule has 1 nitrogen and oxygen atoms in total. The molecule has 2 aromatic rings. The average molecular weight is 309 g/mol. The number of halogens is 2. The van der Waals surface area contributed by atoms with Gasteiger partial charge >= 0.3 is 0 Å². The predicted octanol–water partition coefficient (Wildman–Crippen LogP) is 6.17. The van der Waals surface area contributed by atoms with Gasteiger partial charge in [0.2, 0.25) is 0 Å². The number of hydrogen-bond acceptors (Lipinski definition) is 1. The van der Waals surface area contributed by atoms with Crippen LogP contribution >= 0.6 is 23.2 Å². The Morgan fingerprint density at radius 3 is 2.20 bits per heavy atom. The minimum absolute atomic E-state index is 0.139. The van der Waals surface area contributed by atoms with E-state index in [9.17, 15) is 0 Å². The molecular formula is C17H18Cl2O. The lowest BCUT2D eigenvalue weighted by molar-refractivity contribution is 0.477. The van der Waals surface area contributed by atoms with Gasteiger partial charge in [-0.1, -0.05) is 44.5 Å². The van der Waals surface area contributed by atoms with Crippen molar-refractivity contribution >= 4 is 23.2 Å². The van der Waals surface area contributed by atoms with Crippen LogP contribution in [0, 0.1) is 0 Å². The van der Waals surface area contributed by atoms with Crippen LogP contribution in [0.2, 0.25) is 5.02 Å². The van der Waals surface area contributed by atoms with Gasteiger partial charge in [0.25, 0.3) is 0 Å². The van der Waals surface area contributed by atoms with Crippen molar-refractivity contribution in [3.05, 3.63) is 58.6 Å². The van der Waals surface area contributed by atoms with Crippen molar-refractivity contribution in [3.63, 3.8) is 0 Å². The van der Waals surface area contributed by atoms with Crippen molar-refractivity contribution in [3.8, 4) is 11.5 Å². The van der Waals surface area contributed by atoms with Crippen molar-refractivity contribution in [2.24, 2.45) is 0 Å². The molecule has 3 heteroatoms. The van der Waals surface area contributed by atoms with Gasteiger partial charge in [0.05, 0.1) is 5.88 Å². The van der Waals surface area contributed by atoms with Gasteiger partial charge in [0.15, 0.2) is 0 Å². The van der Waals surface area contributed by atoms with E-state index < -0.39 is 0 Å². The molecule has 0 radical (unpaired) electrons. The van der Waals surface area contributed by atoms with Gasteiger partial charge < -0.3 is 4.74 Å². The molecule has 2 rings (SSSR count). The number of benzene rings is 2. The molecule has 0 unspecified atom stereocenters. The van der Waals surface area contributed by atoms with E-state index >= 15 is 0 Å². The molecule has 0 aliphatic heterocycles. The maximum absolute atomic E-state index is 5.96. The molecule has 0 saturated carbocycles. The highest BCUT2D eigenvalue weighted by Crippen LogP contribution is 2.30. The van der Waals surface area contributed by atoms with Crippen molar-refractivity contribution < 1.29 is 4.74 Å². The highest BCUT2D eigenvalue weighted by molar-refractivity contribution is 6.30. The molecule has 0 atom stereocenters. The average Bonchev–Trinajstić information content (AvgIpc) is 2.40. The quantitative estimate of drug-likeness (QED) is 0.616. The lowest BCUT2D eigenvalue weighted by atomic mass is 9.87. The molecule has 0 aliphatic rings. The Labute approximate surface area is 130 Å². The van der Waals surface area contributed by atoms with Crippen molar-refractivity contribution in [1.82, 2.24) is 0 Å². The largest absolute Gasteiger partial charge is 0.457 e. The fourth-order valence-corrected chi connectivity index (χ4v) is 2.31. The Hall–Kier alpha value is -1.18. The zero-order chi connectivity index (χ0) is 14.8. The number of rotatable bonds is 3. The molecule has 0 amide bonds. The van der Waals surface area contributed by atoms with E-state index in [2.05, 4.69) is 32.9 Å². The monoisotopic (exact) mass is 308 g/mol. The third-order valence-electron chi connectivity index (χ3n) is 3.11. The summed E-state index contributed by atoms with van der Waals surface area (Å²) >= 11 is 11.9. The standard InChI is InChI=1S/C17H18Cl2O/c1-17(2,3)13-4-7-15(8-5-13)20-16-9-6-14(19)10-12(16)11-18/h4-10H,11H2,1-3H3. The minimum atomic E-state index is 0.139. The van der Waals surface area contributed by atoms with Gasteiger partial charge in [0.1, 0.15) is 11.5 Å². The van der Waals surface area contributed by atoms with Gasteiger partial charge in [-0.3, -0.25) is 0 Å².